The van der Waals surface area contributed by atoms with Crippen LogP contribution in [-0.4, -0.2) is 21.9 Å². The fourth-order valence-electron chi connectivity index (χ4n) is 0. The monoisotopic (exact) mass is 1410 g/mol. The van der Waals surface area contributed by atoms with E-state index in [4.69, 9.17) is 0 Å². The van der Waals surface area contributed by atoms with Crippen molar-refractivity contribution in [3.63, 3.8) is 0 Å². The van der Waals surface area contributed by atoms with Crippen LogP contribution in [0.15, 0.2) is 0 Å². The molecule has 0 aliphatic heterocycles. The van der Waals surface area contributed by atoms with E-state index in [-0.39, 0.29) is 472 Å². The summed E-state index contributed by atoms with van der Waals surface area (Å²) in [6.07, 6.45) is 0. The maximum absolute atomic E-state index is 0. The van der Waals surface area contributed by atoms with Gasteiger partial charge in [-0.25, -0.2) is 0 Å². The number of quaternary nitrogens is 2. The topological polar surface area (TPSA) is 1390 Å². The molecule has 0 heterocycles. The van der Waals surface area contributed by atoms with Gasteiger partial charge in [0.2, 0.25) is 0 Å². The summed E-state index contributed by atoms with van der Waals surface area (Å²) in [6, 6.07) is 0. The van der Waals surface area contributed by atoms with E-state index in [9.17, 15) is 0 Å². The number of rotatable bonds is 0. The molecule has 0 aliphatic rings. The summed E-state index contributed by atoms with van der Waals surface area (Å²) in [7, 11) is 0. The van der Waals surface area contributed by atoms with Crippen LogP contribution in [0, 0.1) is 0 Å². The predicted molar refractivity (Wildman–Crippen MR) is 104 cm³/mol. The third kappa shape index (κ3) is 8730. The maximum Gasteiger partial charge on any atom is 4.00 e. The van der Waals surface area contributed by atoms with Gasteiger partial charge in [0, 0.05) is 148 Å². The molecule has 0 unspecified atom stereocenters. The van der Waals surface area contributed by atoms with Gasteiger partial charge in [-0.05, 0) is 0 Å². The first-order valence-corrected chi connectivity index (χ1v) is 0. The molecule has 0 spiro atoms. The van der Waals surface area contributed by atoms with Gasteiger partial charge in [-0.1, -0.05) is 0 Å². The van der Waals surface area contributed by atoms with Gasteiger partial charge in [0.15, 0.2) is 0 Å². The second-order valence-electron chi connectivity index (χ2n) is 0. The first kappa shape index (κ1) is 9630. The predicted octanol–water partition coefficient (Wildman–Crippen LogP) is -17.0. The van der Waals surface area contributed by atoms with Crippen LogP contribution in [0.3, 0.4) is 0 Å². The Morgan fingerprint density at radius 3 is 0.121 bits per heavy atom. The zero-order chi connectivity index (χ0) is 0. The first-order valence-electron chi connectivity index (χ1n) is 0. The van der Waals surface area contributed by atoms with Crippen LogP contribution in [-0.2, 0) is 438 Å². The Balaban J connectivity index is 0. The molecule has 0 aromatic rings. The van der Waals surface area contributed by atoms with Crippen LogP contribution in [0.5, 0.6) is 0 Å². The van der Waals surface area contributed by atoms with Crippen molar-refractivity contribution in [3.8, 4) is 0 Å². The normalized spacial score (nSPS) is 0. The second-order valence-corrected chi connectivity index (χ2v) is 0. The van der Waals surface area contributed by atoms with Crippen molar-refractivity contribution in [1.82, 2.24) is 12.3 Å². The van der Waals surface area contributed by atoms with E-state index in [2.05, 4.69) is 0 Å². The van der Waals surface area contributed by atoms with Crippen LogP contribution < -0.4 is 12.3 Å². The minimum absolute atomic E-state index is 0. The molecule has 0 fully saturated rings. The molecule has 58 heavy (non-hydrogen) atoms. The van der Waals surface area contributed by atoms with Crippen LogP contribution in [0.4, 0.5) is 0 Å². The molecule has 0 atom stereocenters. The van der Waals surface area contributed by atoms with Gasteiger partial charge < -0.3 is 253 Å². The summed E-state index contributed by atoms with van der Waals surface area (Å²) in [5.41, 5.74) is 0. The van der Waals surface area contributed by atoms with Gasteiger partial charge in [0.1, 0.15) is 0 Å². The molecule has 58 heteroatoms. The number of hydrogen-bond acceptors (Lipinski definition) is 0. The van der Waals surface area contributed by atoms with E-state index in [1.807, 2.05) is 0 Å². The maximum atomic E-state index is 0. The molecule has 52 N–H and O–H groups in total. The van der Waals surface area contributed by atoms with Gasteiger partial charge in [0.05, 0.1) is 0 Å². The van der Waals surface area contributed by atoms with Gasteiger partial charge >= 0.3 is 70.7 Å². The van der Waals surface area contributed by atoms with Crippen LogP contribution in [0.1, 0.15) is 0 Å². The third-order valence-corrected chi connectivity index (χ3v) is 0. The largest absolute Gasteiger partial charge is 4.00 e. The third-order valence-electron chi connectivity index (χ3n) is 0. The second kappa shape index (κ2) is 9170. The zero-order valence-corrected chi connectivity index (χ0v) is 43.5. The van der Waals surface area contributed by atoms with Gasteiger partial charge in [-0.3, -0.25) is 0 Å². The van der Waals surface area contributed by atoms with Crippen molar-refractivity contribution < 1.29 is 460 Å². The molecule has 0 bridgehead atoms. The van der Waals surface area contributed by atoms with Crippen LogP contribution in [0.2, 0.25) is 0 Å². The Bertz CT molecular complexity index is 62.3. The Kier molecular flexibility index (Phi) is 1520000. The van der Waals surface area contributed by atoms with Gasteiger partial charge in [0.25, 0.3) is 0 Å². The Morgan fingerprint density at radius 2 is 0.121 bits per heavy atom. The Morgan fingerprint density at radius 1 is 0.121 bits per heavy atom. The molecule has 0 saturated heterocycles. The first-order chi connectivity index (χ1) is 0. The van der Waals surface area contributed by atoms with Crippen molar-refractivity contribution >= 4 is 0 Å². The summed E-state index contributed by atoms with van der Waals surface area (Å²) in [6.45, 7) is 0. The van der Waals surface area contributed by atoms with E-state index in [0.29, 0.717) is 0 Å². The SMILES string of the molecule is O.O.O.O.[Co+3].[Co+3].[NH4+].[NH4+].[O-2].[O-2].[O-2].[O-2].[O-2].[O-2].[O-2].[O-2].[O-2].[O-2].[O-2].[O-2].[O-2].[O-2].[O-2].[O-2].[O-2].[O-2].[O-2].[O-2].[O-2].[O-2].[O-2].[O-2].[O-2].[O-2].[O-2].[O-2].[OH3+].[OH3+].[OH3+].[OH3+].[OH3+].[OH3+].[OH3+].[OH3+].[OH3+].[OH3+].[OH3+].[OH3+].[V+4].[V+4].[V].[V].[V].[V].[V].[V].[V].[V]. The molecule has 422 valence electrons. The zero-order valence-electron chi connectivity index (χ0n) is 27.5. The molecule has 0 rings (SSSR count). The average Bonchev–Trinajstić information content (AvgIpc) is 0. The molecule has 0 aliphatic carbocycles. The summed E-state index contributed by atoms with van der Waals surface area (Å²) in [5.74, 6) is 0. The summed E-state index contributed by atoms with van der Waals surface area (Å²) in [4.78, 5) is 0. The minimum Gasteiger partial charge on any atom is -2.00 e. The van der Waals surface area contributed by atoms with Crippen LogP contribution >= 0.6 is 0 Å². The summed E-state index contributed by atoms with van der Waals surface area (Å²) in [5, 5.41) is 0. The van der Waals surface area contributed by atoms with Gasteiger partial charge in [-0.15, -0.1) is 0 Å². The smallest absolute Gasteiger partial charge is 2.00 e. The van der Waals surface area contributed by atoms with E-state index < -0.39 is 0 Å². The van der Waals surface area contributed by atoms with Gasteiger partial charge in [-0.2, -0.15) is 0 Å². The molecule has 0 aromatic heterocycles. The minimum atomic E-state index is 0. The van der Waals surface area contributed by atoms with Crippen molar-refractivity contribution in [2.75, 3.05) is 0 Å². The van der Waals surface area contributed by atoms with Crippen molar-refractivity contribution in [2.24, 2.45) is 0 Å². The standard InChI is InChI=1S/2Co.2H3N.16H2O.28O.10V/h;;2*1H3;16*1H2;;;;;;;;;;;;;;;;;;;;;;;;;;;;;;;;;;;;;;/q2*+3;;;;;;;;;;;;;;;;;;;28*-2;;;;;;;;;2*+4/p+14. The molecular formula is H52Co2N2O44V10-28. The summed E-state index contributed by atoms with van der Waals surface area (Å²) < 4.78 is 0. The van der Waals surface area contributed by atoms with Crippen molar-refractivity contribution in [2.45, 2.75) is 0 Å². The van der Waals surface area contributed by atoms with E-state index in [1.54, 1.807) is 0 Å². The Hall–Kier alpha value is 5.02. The quantitative estimate of drug-likeness (QED) is 0.214. The number of hydrogen-bond donors (Lipinski definition) is 2. The average molecular weight is 1410 g/mol. The molecular weight excluding hydrogens is 1360 g/mol. The molecule has 10 radical (unpaired) electrons. The summed E-state index contributed by atoms with van der Waals surface area (Å²) >= 11 is 0. The Labute approximate surface area is 468 Å². The fourth-order valence-corrected chi connectivity index (χ4v) is 0. The van der Waals surface area contributed by atoms with Crippen molar-refractivity contribution in [1.29, 1.82) is 0 Å². The fraction of sp³-hybridized carbons (Fsp3) is 0. The van der Waals surface area contributed by atoms with Crippen LogP contribution in [0.25, 0.3) is 0 Å². The molecule has 0 aromatic carbocycles. The van der Waals surface area contributed by atoms with Crippen molar-refractivity contribution in [3.05, 3.63) is 0 Å². The van der Waals surface area contributed by atoms with E-state index in [1.165, 1.54) is 0 Å². The van der Waals surface area contributed by atoms with E-state index >= 15 is 0 Å². The molecule has 46 nitrogen and oxygen atoms in total. The molecule has 0 amide bonds. The molecule has 0 saturated carbocycles. The van der Waals surface area contributed by atoms with E-state index in [0.717, 1.165) is 0 Å².